The number of hydrogen-bond acceptors (Lipinski definition) is 4. The Hall–Kier alpha value is -3.38. The molecular formula is C23H25N3O3. The van der Waals surface area contributed by atoms with Gasteiger partial charge in [-0.1, -0.05) is 30.3 Å². The van der Waals surface area contributed by atoms with Gasteiger partial charge in [-0.25, -0.2) is 0 Å². The van der Waals surface area contributed by atoms with Gasteiger partial charge < -0.3 is 19.9 Å². The van der Waals surface area contributed by atoms with E-state index in [9.17, 15) is 9.59 Å². The number of anilines is 1. The summed E-state index contributed by atoms with van der Waals surface area (Å²) >= 11 is 0. The molecule has 0 saturated heterocycles. The number of para-hydroxylation sites is 1. The van der Waals surface area contributed by atoms with Crippen LogP contribution in [-0.4, -0.2) is 23.6 Å². The molecule has 0 aliphatic carbocycles. The lowest BCUT2D eigenvalue weighted by Gasteiger charge is -2.15. The third-order valence-electron chi connectivity index (χ3n) is 4.69. The van der Waals surface area contributed by atoms with Crippen LogP contribution in [0.15, 0.2) is 71.5 Å². The highest BCUT2D eigenvalue weighted by atomic mass is 16.5. The van der Waals surface area contributed by atoms with Crippen molar-refractivity contribution in [1.29, 1.82) is 0 Å². The van der Waals surface area contributed by atoms with E-state index in [1.807, 2.05) is 67.6 Å². The van der Waals surface area contributed by atoms with Crippen molar-refractivity contribution < 1.29 is 9.53 Å². The molecule has 3 rings (SSSR count). The number of carbonyl (C=O) groups excluding carboxylic acids is 1. The molecule has 0 bridgehead atoms. The first-order valence-corrected chi connectivity index (χ1v) is 9.48. The van der Waals surface area contributed by atoms with Crippen molar-refractivity contribution in [2.45, 2.75) is 26.4 Å². The predicted molar refractivity (Wildman–Crippen MR) is 115 cm³/mol. The SMILES string of the molecule is CNC(C)C(=O)Nc1ccc(C)n(Cc2cccc(Oc3ccccc3)c2)c1=O. The number of nitrogens with one attached hydrogen (secondary N) is 2. The highest BCUT2D eigenvalue weighted by molar-refractivity contribution is 5.94. The molecule has 0 saturated carbocycles. The molecule has 0 aliphatic rings. The van der Waals surface area contributed by atoms with E-state index in [1.165, 1.54) is 0 Å². The summed E-state index contributed by atoms with van der Waals surface area (Å²) in [5.41, 5.74) is 1.76. The molecule has 6 nitrogen and oxygen atoms in total. The number of amides is 1. The lowest BCUT2D eigenvalue weighted by atomic mass is 10.2. The number of aryl methyl sites for hydroxylation is 1. The Kier molecular flexibility index (Phi) is 6.46. The third-order valence-corrected chi connectivity index (χ3v) is 4.69. The zero-order chi connectivity index (χ0) is 20.8. The van der Waals surface area contributed by atoms with Gasteiger partial charge in [-0.2, -0.15) is 0 Å². The summed E-state index contributed by atoms with van der Waals surface area (Å²) in [6.07, 6.45) is 0. The van der Waals surface area contributed by atoms with Crippen molar-refractivity contribution in [1.82, 2.24) is 9.88 Å². The molecule has 2 aromatic carbocycles. The van der Waals surface area contributed by atoms with Crippen molar-refractivity contribution in [3.63, 3.8) is 0 Å². The van der Waals surface area contributed by atoms with E-state index < -0.39 is 6.04 Å². The van der Waals surface area contributed by atoms with Gasteiger partial charge in [0.05, 0.1) is 12.6 Å². The second-order valence-corrected chi connectivity index (χ2v) is 6.84. The zero-order valence-electron chi connectivity index (χ0n) is 16.8. The lowest BCUT2D eigenvalue weighted by molar-refractivity contribution is -0.117. The van der Waals surface area contributed by atoms with Crippen LogP contribution in [0.25, 0.3) is 0 Å². The van der Waals surface area contributed by atoms with E-state index >= 15 is 0 Å². The van der Waals surface area contributed by atoms with E-state index in [0.29, 0.717) is 12.3 Å². The molecule has 0 spiro atoms. The van der Waals surface area contributed by atoms with Crippen LogP contribution in [0.5, 0.6) is 11.5 Å². The molecular weight excluding hydrogens is 366 g/mol. The Bertz CT molecular complexity index is 1040. The van der Waals surface area contributed by atoms with Crippen molar-refractivity contribution in [3.05, 3.63) is 88.3 Å². The average Bonchev–Trinajstić information content (AvgIpc) is 2.73. The maximum atomic E-state index is 12.9. The highest BCUT2D eigenvalue weighted by Gasteiger charge is 2.14. The monoisotopic (exact) mass is 391 g/mol. The standard InChI is InChI=1S/C23H25N3O3/c1-16-12-13-21(25-22(27)17(2)24-3)23(28)26(16)15-18-8-7-11-20(14-18)29-19-9-5-4-6-10-19/h4-14,17,24H,15H2,1-3H3,(H,25,27). The van der Waals surface area contributed by atoms with Crippen LogP contribution in [0, 0.1) is 6.92 Å². The van der Waals surface area contributed by atoms with Crippen molar-refractivity contribution in [3.8, 4) is 11.5 Å². The minimum Gasteiger partial charge on any atom is -0.457 e. The second-order valence-electron chi connectivity index (χ2n) is 6.84. The van der Waals surface area contributed by atoms with Gasteiger partial charge in [0.25, 0.3) is 5.56 Å². The number of ether oxygens (including phenoxy) is 1. The van der Waals surface area contributed by atoms with Crippen molar-refractivity contribution in [2.75, 3.05) is 12.4 Å². The molecule has 150 valence electrons. The van der Waals surface area contributed by atoms with Gasteiger partial charge in [-0.05, 0) is 62.9 Å². The summed E-state index contributed by atoms with van der Waals surface area (Å²) in [7, 11) is 1.70. The largest absolute Gasteiger partial charge is 0.457 e. The van der Waals surface area contributed by atoms with Gasteiger partial charge in [0.2, 0.25) is 5.91 Å². The van der Waals surface area contributed by atoms with E-state index in [4.69, 9.17) is 4.74 Å². The highest BCUT2D eigenvalue weighted by Crippen LogP contribution is 2.22. The number of nitrogens with zero attached hydrogens (tertiary/aromatic N) is 1. The van der Waals surface area contributed by atoms with E-state index in [-0.39, 0.29) is 17.2 Å². The second kappa shape index (κ2) is 9.21. The number of carbonyl (C=O) groups is 1. The van der Waals surface area contributed by atoms with Crippen LogP contribution < -0.4 is 20.9 Å². The minimum absolute atomic E-state index is 0.240. The fourth-order valence-corrected chi connectivity index (χ4v) is 2.85. The summed E-state index contributed by atoms with van der Waals surface area (Å²) in [4.78, 5) is 25.0. The van der Waals surface area contributed by atoms with Crippen LogP contribution >= 0.6 is 0 Å². The molecule has 6 heteroatoms. The number of pyridine rings is 1. The van der Waals surface area contributed by atoms with Crippen molar-refractivity contribution >= 4 is 11.6 Å². The minimum atomic E-state index is -0.393. The van der Waals surface area contributed by atoms with Crippen molar-refractivity contribution in [2.24, 2.45) is 0 Å². The molecule has 0 fully saturated rings. The predicted octanol–water partition coefficient (Wildman–Crippen LogP) is 3.54. The Labute approximate surface area is 170 Å². The molecule has 1 atom stereocenters. The van der Waals surface area contributed by atoms with E-state index in [0.717, 1.165) is 17.0 Å². The van der Waals surface area contributed by atoms with Crippen LogP contribution in [0.3, 0.4) is 0 Å². The molecule has 1 aromatic heterocycles. The Balaban J connectivity index is 1.83. The first-order valence-electron chi connectivity index (χ1n) is 9.48. The van der Waals surface area contributed by atoms with Crippen LogP contribution in [-0.2, 0) is 11.3 Å². The summed E-state index contributed by atoms with van der Waals surface area (Å²) in [5.74, 6) is 1.20. The summed E-state index contributed by atoms with van der Waals surface area (Å²) in [6.45, 7) is 3.98. The fraction of sp³-hybridized carbons (Fsp3) is 0.217. The van der Waals surface area contributed by atoms with Gasteiger partial charge in [-0.3, -0.25) is 9.59 Å². The Morgan fingerprint density at radius 1 is 1.03 bits per heavy atom. The summed E-state index contributed by atoms with van der Waals surface area (Å²) in [6, 6.07) is 20.2. The smallest absolute Gasteiger partial charge is 0.274 e. The van der Waals surface area contributed by atoms with Gasteiger partial charge in [0.1, 0.15) is 17.2 Å². The molecule has 1 amide bonds. The lowest BCUT2D eigenvalue weighted by Crippen LogP contribution is -2.37. The van der Waals surface area contributed by atoms with Gasteiger partial charge in [0, 0.05) is 5.69 Å². The first kappa shape index (κ1) is 20.4. The number of aromatic nitrogens is 1. The summed E-state index contributed by atoms with van der Waals surface area (Å²) in [5, 5.41) is 5.56. The first-order chi connectivity index (χ1) is 14.0. The quantitative estimate of drug-likeness (QED) is 0.646. The molecule has 2 N–H and O–H groups in total. The molecule has 0 aliphatic heterocycles. The maximum Gasteiger partial charge on any atom is 0.274 e. The van der Waals surface area contributed by atoms with E-state index in [2.05, 4.69) is 10.6 Å². The molecule has 3 aromatic rings. The van der Waals surface area contributed by atoms with Gasteiger partial charge in [0.15, 0.2) is 0 Å². The Morgan fingerprint density at radius 3 is 2.48 bits per heavy atom. The number of rotatable bonds is 7. The zero-order valence-corrected chi connectivity index (χ0v) is 16.8. The molecule has 1 unspecified atom stereocenters. The third kappa shape index (κ3) is 5.12. The Morgan fingerprint density at radius 2 is 1.76 bits per heavy atom. The maximum absolute atomic E-state index is 12.9. The number of benzene rings is 2. The van der Waals surface area contributed by atoms with Gasteiger partial charge in [-0.15, -0.1) is 0 Å². The fourth-order valence-electron chi connectivity index (χ4n) is 2.85. The molecule has 1 heterocycles. The van der Waals surface area contributed by atoms with E-state index in [1.54, 1.807) is 24.6 Å². The molecule has 29 heavy (non-hydrogen) atoms. The van der Waals surface area contributed by atoms with Crippen LogP contribution in [0.2, 0.25) is 0 Å². The number of hydrogen-bond donors (Lipinski definition) is 2. The van der Waals surface area contributed by atoms with Crippen LogP contribution in [0.4, 0.5) is 5.69 Å². The summed E-state index contributed by atoms with van der Waals surface area (Å²) < 4.78 is 7.52. The molecule has 0 radical (unpaired) electrons. The topological polar surface area (TPSA) is 72.4 Å². The van der Waals surface area contributed by atoms with Gasteiger partial charge >= 0.3 is 0 Å². The number of likely N-dealkylation sites (N-methyl/N-ethyl adjacent to an activating group) is 1. The van der Waals surface area contributed by atoms with Crippen LogP contribution in [0.1, 0.15) is 18.2 Å². The normalized spacial score (nSPS) is 11.7. The average molecular weight is 391 g/mol.